The second kappa shape index (κ2) is 8.56. The van der Waals surface area contributed by atoms with Crippen LogP contribution in [0.5, 0.6) is 5.75 Å². The maximum Gasteiger partial charge on any atom is 0.271 e. The predicted molar refractivity (Wildman–Crippen MR) is 108 cm³/mol. The number of carbonyl (C=O) groups excluding carboxylic acids is 1. The van der Waals surface area contributed by atoms with E-state index in [1.807, 2.05) is 31.2 Å². The van der Waals surface area contributed by atoms with Crippen LogP contribution in [0.2, 0.25) is 0 Å². The van der Waals surface area contributed by atoms with Gasteiger partial charge in [-0.05, 0) is 32.0 Å². The van der Waals surface area contributed by atoms with Crippen molar-refractivity contribution in [1.82, 2.24) is 30.0 Å². The van der Waals surface area contributed by atoms with Crippen LogP contribution in [0.25, 0.3) is 17.3 Å². The lowest BCUT2D eigenvalue weighted by Crippen LogP contribution is -2.23. The highest BCUT2D eigenvalue weighted by molar-refractivity contribution is 5.92. The Kier molecular flexibility index (Phi) is 5.51. The monoisotopic (exact) mass is 404 g/mol. The number of aromatic nitrogens is 5. The molecule has 0 unspecified atom stereocenters. The SMILES string of the molecule is CCOc1ccccc1CNC(=O)c1cn(-c2cc(-c3nc(C)no3)ccn2)cn1. The number of rotatable bonds is 7. The molecular weight excluding hydrogens is 384 g/mol. The highest BCUT2D eigenvalue weighted by Crippen LogP contribution is 2.20. The minimum atomic E-state index is -0.288. The molecule has 0 bridgehead atoms. The number of hydrogen-bond donors (Lipinski definition) is 1. The van der Waals surface area contributed by atoms with E-state index >= 15 is 0 Å². The molecule has 152 valence electrons. The maximum atomic E-state index is 12.5. The van der Waals surface area contributed by atoms with Gasteiger partial charge in [0.25, 0.3) is 11.8 Å². The number of pyridine rings is 1. The van der Waals surface area contributed by atoms with Crippen molar-refractivity contribution >= 4 is 5.91 Å². The summed E-state index contributed by atoms with van der Waals surface area (Å²) in [6, 6.07) is 11.2. The third kappa shape index (κ3) is 4.19. The summed E-state index contributed by atoms with van der Waals surface area (Å²) in [5.74, 6) is 2.00. The number of benzene rings is 1. The first kappa shape index (κ1) is 19.3. The smallest absolute Gasteiger partial charge is 0.271 e. The van der Waals surface area contributed by atoms with Crippen LogP contribution in [0, 0.1) is 6.92 Å². The van der Waals surface area contributed by atoms with Gasteiger partial charge in [0.05, 0.1) is 6.61 Å². The largest absolute Gasteiger partial charge is 0.494 e. The molecule has 9 heteroatoms. The Morgan fingerprint density at radius 3 is 2.90 bits per heavy atom. The summed E-state index contributed by atoms with van der Waals surface area (Å²) in [6.07, 6.45) is 4.79. The molecule has 0 saturated carbocycles. The lowest BCUT2D eigenvalue weighted by atomic mass is 10.2. The number of carbonyl (C=O) groups is 1. The Hall–Kier alpha value is -4.01. The van der Waals surface area contributed by atoms with Gasteiger partial charge in [-0.15, -0.1) is 0 Å². The number of ether oxygens (including phenoxy) is 1. The van der Waals surface area contributed by atoms with Crippen LogP contribution >= 0.6 is 0 Å². The average molecular weight is 404 g/mol. The summed E-state index contributed by atoms with van der Waals surface area (Å²) in [4.78, 5) is 25.3. The van der Waals surface area contributed by atoms with Gasteiger partial charge in [0.1, 0.15) is 23.6 Å². The molecule has 9 nitrogen and oxygen atoms in total. The summed E-state index contributed by atoms with van der Waals surface area (Å²) in [7, 11) is 0. The molecule has 0 saturated heterocycles. The van der Waals surface area contributed by atoms with Crippen LogP contribution in [-0.2, 0) is 6.54 Å². The molecule has 0 fully saturated rings. The maximum absolute atomic E-state index is 12.5. The normalized spacial score (nSPS) is 10.7. The van der Waals surface area contributed by atoms with Gasteiger partial charge in [0.15, 0.2) is 5.82 Å². The van der Waals surface area contributed by atoms with E-state index in [0.717, 1.165) is 16.9 Å². The number of imidazole rings is 1. The minimum Gasteiger partial charge on any atom is -0.494 e. The number of nitrogens with zero attached hydrogens (tertiary/aromatic N) is 5. The Morgan fingerprint density at radius 1 is 1.23 bits per heavy atom. The van der Waals surface area contributed by atoms with Crippen molar-refractivity contribution in [3.63, 3.8) is 0 Å². The fourth-order valence-corrected chi connectivity index (χ4v) is 2.88. The quantitative estimate of drug-likeness (QED) is 0.504. The van der Waals surface area contributed by atoms with E-state index in [2.05, 4.69) is 25.4 Å². The van der Waals surface area contributed by atoms with Crippen molar-refractivity contribution in [2.75, 3.05) is 6.61 Å². The van der Waals surface area contributed by atoms with E-state index < -0.39 is 0 Å². The number of nitrogens with one attached hydrogen (secondary N) is 1. The van der Waals surface area contributed by atoms with Crippen LogP contribution in [0.3, 0.4) is 0 Å². The van der Waals surface area contributed by atoms with Gasteiger partial charge >= 0.3 is 0 Å². The zero-order chi connectivity index (χ0) is 20.9. The molecule has 0 aliphatic rings. The molecule has 30 heavy (non-hydrogen) atoms. The van der Waals surface area contributed by atoms with Crippen molar-refractivity contribution in [2.45, 2.75) is 20.4 Å². The molecule has 1 amide bonds. The van der Waals surface area contributed by atoms with E-state index in [1.54, 1.807) is 36.0 Å². The molecule has 0 aliphatic carbocycles. The molecule has 0 radical (unpaired) electrons. The highest BCUT2D eigenvalue weighted by atomic mass is 16.5. The molecule has 1 aromatic carbocycles. The molecular formula is C21H20N6O3. The summed E-state index contributed by atoms with van der Waals surface area (Å²) >= 11 is 0. The zero-order valence-corrected chi connectivity index (χ0v) is 16.6. The van der Waals surface area contributed by atoms with E-state index in [-0.39, 0.29) is 11.6 Å². The second-order valence-corrected chi connectivity index (χ2v) is 6.44. The number of hydrogen-bond acceptors (Lipinski definition) is 7. The molecule has 3 aromatic heterocycles. The van der Waals surface area contributed by atoms with Crippen LogP contribution < -0.4 is 10.1 Å². The molecule has 1 N–H and O–H groups in total. The highest BCUT2D eigenvalue weighted by Gasteiger charge is 2.13. The van der Waals surface area contributed by atoms with E-state index in [1.165, 1.54) is 6.33 Å². The van der Waals surface area contributed by atoms with Crippen molar-refractivity contribution < 1.29 is 14.1 Å². The first-order chi connectivity index (χ1) is 14.6. The van der Waals surface area contributed by atoms with Crippen molar-refractivity contribution in [1.29, 1.82) is 0 Å². The standard InChI is InChI=1S/C21H20N6O3/c1-3-29-18-7-5-4-6-16(18)11-23-20(28)17-12-27(13-24-17)19-10-15(8-9-22-19)21-25-14(2)26-30-21/h4-10,12-13H,3,11H2,1-2H3,(H,23,28). The fourth-order valence-electron chi connectivity index (χ4n) is 2.88. The Labute approximate surface area is 172 Å². The van der Waals surface area contributed by atoms with Gasteiger partial charge in [-0.3, -0.25) is 9.36 Å². The summed E-state index contributed by atoms with van der Waals surface area (Å²) < 4.78 is 12.4. The van der Waals surface area contributed by atoms with E-state index in [0.29, 0.717) is 30.7 Å². The third-order valence-corrected chi connectivity index (χ3v) is 4.31. The predicted octanol–water partition coefficient (Wildman–Crippen LogP) is 2.95. The lowest BCUT2D eigenvalue weighted by Gasteiger charge is -2.10. The third-order valence-electron chi connectivity index (χ3n) is 4.31. The lowest BCUT2D eigenvalue weighted by molar-refractivity contribution is 0.0946. The fraction of sp³-hybridized carbons (Fsp3) is 0.190. The van der Waals surface area contributed by atoms with E-state index in [4.69, 9.17) is 9.26 Å². The molecule has 4 rings (SSSR count). The Bertz CT molecular complexity index is 1170. The Morgan fingerprint density at radius 2 is 2.10 bits per heavy atom. The van der Waals surface area contributed by atoms with Crippen LogP contribution in [0.15, 0.2) is 59.6 Å². The van der Waals surface area contributed by atoms with Gasteiger partial charge in [-0.1, -0.05) is 23.4 Å². The van der Waals surface area contributed by atoms with Gasteiger partial charge in [0, 0.05) is 30.1 Å². The minimum absolute atomic E-state index is 0.282. The van der Waals surface area contributed by atoms with Crippen LogP contribution in [0.4, 0.5) is 0 Å². The molecule has 0 atom stereocenters. The number of para-hydroxylation sites is 1. The zero-order valence-electron chi connectivity index (χ0n) is 16.6. The van der Waals surface area contributed by atoms with Crippen LogP contribution in [0.1, 0.15) is 28.8 Å². The summed E-state index contributed by atoms with van der Waals surface area (Å²) in [6.45, 7) is 4.57. The van der Waals surface area contributed by atoms with Crippen molar-refractivity contribution in [2.24, 2.45) is 0 Å². The van der Waals surface area contributed by atoms with Crippen molar-refractivity contribution in [3.8, 4) is 23.0 Å². The Balaban J connectivity index is 1.47. The second-order valence-electron chi connectivity index (χ2n) is 6.44. The number of aryl methyl sites for hydroxylation is 1. The number of amides is 1. The summed E-state index contributed by atoms with van der Waals surface area (Å²) in [5, 5.41) is 6.67. The molecule has 4 aromatic rings. The van der Waals surface area contributed by atoms with Crippen LogP contribution in [-0.4, -0.2) is 37.2 Å². The first-order valence-electron chi connectivity index (χ1n) is 9.44. The molecule has 0 aliphatic heterocycles. The summed E-state index contributed by atoms with van der Waals surface area (Å²) in [5.41, 5.74) is 1.91. The van der Waals surface area contributed by atoms with Gasteiger partial charge < -0.3 is 14.6 Å². The van der Waals surface area contributed by atoms with Gasteiger partial charge in [-0.2, -0.15) is 4.98 Å². The average Bonchev–Trinajstić information content (AvgIpc) is 3.43. The molecule has 0 spiro atoms. The first-order valence-corrected chi connectivity index (χ1v) is 9.44. The topological polar surface area (TPSA) is 108 Å². The van der Waals surface area contributed by atoms with Crippen molar-refractivity contribution in [3.05, 3.63) is 72.2 Å². The van der Waals surface area contributed by atoms with E-state index in [9.17, 15) is 4.79 Å². The van der Waals surface area contributed by atoms with Gasteiger partial charge in [-0.25, -0.2) is 9.97 Å². The van der Waals surface area contributed by atoms with Gasteiger partial charge in [0.2, 0.25) is 0 Å². The molecule has 3 heterocycles.